The molecule has 0 aromatic rings. The highest BCUT2D eigenvalue weighted by molar-refractivity contribution is 8.04. The normalized spacial score (nSPS) is 20.8. The third-order valence-electron chi connectivity index (χ3n) is 1.97. The summed E-state index contributed by atoms with van der Waals surface area (Å²) in [7, 11) is 0. The smallest absolute Gasteiger partial charge is 0.416 e. The highest BCUT2D eigenvalue weighted by atomic mass is 32.2. The highest BCUT2D eigenvalue weighted by Gasteiger charge is 2.37. The molecule has 3 N–H and O–H groups in total. The first-order valence-corrected chi connectivity index (χ1v) is 5.90. The first kappa shape index (κ1) is 13.9. The molecule has 1 heterocycles. The van der Waals surface area contributed by atoms with E-state index < -0.39 is 23.2 Å². The molecule has 0 spiro atoms. The van der Waals surface area contributed by atoms with Crippen LogP contribution in [0.1, 0.15) is 27.7 Å². The number of rotatable bonds is 1. The topological polar surface area (TPSA) is 92.9 Å². The van der Waals surface area contributed by atoms with E-state index in [1.165, 1.54) is 6.92 Å². The lowest BCUT2D eigenvalue weighted by Crippen LogP contribution is -2.42. The molecule has 1 amide bonds. The van der Waals surface area contributed by atoms with Crippen LogP contribution >= 0.6 is 11.8 Å². The van der Waals surface area contributed by atoms with Gasteiger partial charge in [-0.05, 0) is 27.7 Å². The Morgan fingerprint density at radius 2 is 2.00 bits per heavy atom. The largest absolute Gasteiger partial charge is 0.477 e. The lowest BCUT2D eigenvalue weighted by atomic mass is 10.2. The molecule has 0 aliphatic carbocycles. The van der Waals surface area contributed by atoms with E-state index in [1.54, 1.807) is 20.8 Å². The average molecular weight is 260 g/mol. The molecule has 1 rings (SSSR count). The minimum absolute atomic E-state index is 0.0726. The number of hydrogen-bond donors (Lipinski definition) is 2. The van der Waals surface area contributed by atoms with Crippen molar-refractivity contribution < 1.29 is 19.4 Å². The number of carboxylic acids is 1. The van der Waals surface area contributed by atoms with Crippen molar-refractivity contribution in [3.05, 3.63) is 10.6 Å². The van der Waals surface area contributed by atoms with E-state index in [4.69, 9.17) is 15.6 Å². The van der Waals surface area contributed by atoms with Crippen LogP contribution in [0.25, 0.3) is 0 Å². The summed E-state index contributed by atoms with van der Waals surface area (Å²) in [6.45, 7) is 6.73. The van der Waals surface area contributed by atoms with Gasteiger partial charge in [0.15, 0.2) is 0 Å². The molecule has 17 heavy (non-hydrogen) atoms. The fourth-order valence-corrected chi connectivity index (χ4v) is 2.28. The van der Waals surface area contributed by atoms with Gasteiger partial charge in [0.1, 0.15) is 16.0 Å². The number of carboxylic acid groups (broad SMARTS) is 1. The van der Waals surface area contributed by atoms with E-state index in [-0.39, 0.29) is 4.91 Å². The standard InChI is InChI=1S/C10H16N2O4S/c1-5-6(7(13)14)17-8(11)12(5)9(15)16-10(2,3)4/h8H,11H2,1-4H3,(H,13,14)/t8-/m1/s1. The van der Waals surface area contributed by atoms with Gasteiger partial charge in [-0.2, -0.15) is 0 Å². The molecule has 6 nitrogen and oxygen atoms in total. The number of carbonyl (C=O) groups excluding carboxylic acids is 1. The van der Waals surface area contributed by atoms with Crippen LogP contribution in [-0.4, -0.2) is 33.2 Å². The summed E-state index contributed by atoms with van der Waals surface area (Å²) in [5.41, 5.74) is 4.61. The molecule has 0 aromatic heterocycles. The van der Waals surface area contributed by atoms with Crippen LogP contribution < -0.4 is 5.73 Å². The van der Waals surface area contributed by atoms with Gasteiger partial charge in [-0.1, -0.05) is 11.8 Å². The van der Waals surface area contributed by atoms with Crippen molar-refractivity contribution in [3.63, 3.8) is 0 Å². The third-order valence-corrected chi connectivity index (χ3v) is 3.13. The fourth-order valence-electron chi connectivity index (χ4n) is 1.32. The Kier molecular flexibility index (Phi) is 3.73. The predicted octanol–water partition coefficient (Wildman–Crippen LogP) is 1.53. The number of thioether (sulfide) groups is 1. The second kappa shape index (κ2) is 4.58. The summed E-state index contributed by atoms with van der Waals surface area (Å²) >= 11 is 0.927. The fraction of sp³-hybridized carbons (Fsp3) is 0.600. The zero-order valence-corrected chi connectivity index (χ0v) is 11.0. The Labute approximate surface area is 104 Å². The molecule has 0 radical (unpaired) electrons. The Bertz CT molecular complexity index is 386. The third kappa shape index (κ3) is 3.13. The Hall–Kier alpha value is -1.21. The molecule has 1 aliphatic rings. The highest BCUT2D eigenvalue weighted by Crippen LogP contribution is 2.36. The number of carbonyl (C=O) groups is 2. The van der Waals surface area contributed by atoms with Gasteiger partial charge < -0.3 is 15.6 Å². The molecule has 0 unspecified atom stereocenters. The number of aliphatic carboxylic acids is 1. The first-order valence-electron chi connectivity index (χ1n) is 5.02. The number of hydrogen-bond acceptors (Lipinski definition) is 5. The molecular weight excluding hydrogens is 244 g/mol. The Morgan fingerprint density at radius 1 is 1.47 bits per heavy atom. The van der Waals surface area contributed by atoms with Crippen LogP contribution in [0, 0.1) is 0 Å². The molecule has 0 saturated carbocycles. The predicted molar refractivity (Wildman–Crippen MR) is 64.0 cm³/mol. The Balaban J connectivity index is 2.91. The number of allylic oxidation sites excluding steroid dienone is 1. The second-order valence-corrected chi connectivity index (χ2v) is 5.71. The summed E-state index contributed by atoms with van der Waals surface area (Å²) in [5.74, 6) is -1.09. The number of nitrogens with zero attached hydrogens (tertiary/aromatic N) is 1. The number of amides is 1. The van der Waals surface area contributed by atoms with Crippen LogP contribution in [0.3, 0.4) is 0 Å². The van der Waals surface area contributed by atoms with Gasteiger partial charge in [0.05, 0.1) is 0 Å². The monoisotopic (exact) mass is 260 g/mol. The minimum atomic E-state index is -1.09. The Morgan fingerprint density at radius 3 is 2.35 bits per heavy atom. The molecular formula is C10H16N2O4S. The lowest BCUT2D eigenvalue weighted by molar-refractivity contribution is -0.131. The van der Waals surface area contributed by atoms with E-state index in [2.05, 4.69) is 0 Å². The van der Waals surface area contributed by atoms with Crippen molar-refractivity contribution >= 4 is 23.8 Å². The van der Waals surface area contributed by atoms with Crippen molar-refractivity contribution in [2.75, 3.05) is 0 Å². The van der Waals surface area contributed by atoms with E-state index in [9.17, 15) is 9.59 Å². The minimum Gasteiger partial charge on any atom is -0.477 e. The van der Waals surface area contributed by atoms with Crippen LogP contribution in [0.4, 0.5) is 4.79 Å². The van der Waals surface area contributed by atoms with Crippen molar-refractivity contribution in [3.8, 4) is 0 Å². The maximum atomic E-state index is 11.8. The van der Waals surface area contributed by atoms with Crippen LogP contribution in [-0.2, 0) is 9.53 Å². The molecule has 0 fully saturated rings. The van der Waals surface area contributed by atoms with Crippen LogP contribution in [0.15, 0.2) is 10.6 Å². The molecule has 7 heteroatoms. The van der Waals surface area contributed by atoms with Crippen LogP contribution in [0.2, 0.25) is 0 Å². The maximum absolute atomic E-state index is 11.8. The quantitative estimate of drug-likeness (QED) is 0.742. The van der Waals surface area contributed by atoms with Gasteiger partial charge in [-0.15, -0.1) is 0 Å². The van der Waals surface area contributed by atoms with Gasteiger partial charge in [0.2, 0.25) is 0 Å². The summed E-state index contributed by atoms with van der Waals surface area (Å²) < 4.78 is 5.16. The van der Waals surface area contributed by atoms with Gasteiger partial charge in [-0.3, -0.25) is 4.90 Å². The van der Waals surface area contributed by atoms with E-state index >= 15 is 0 Å². The van der Waals surface area contributed by atoms with Gasteiger partial charge in [0, 0.05) is 5.70 Å². The zero-order chi connectivity index (χ0) is 13.4. The van der Waals surface area contributed by atoms with Crippen molar-refractivity contribution in [1.29, 1.82) is 0 Å². The maximum Gasteiger partial charge on any atom is 0.416 e. The van der Waals surface area contributed by atoms with E-state index in [0.717, 1.165) is 16.7 Å². The number of nitrogens with two attached hydrogens (primary N) is 1. The molecule has 1 aliphatic heterocycles. The van der Waals surface area contributed by atoms with Crippen LogP contribution in [0.5, 0.6) is 0 Å². The summed E-state index contributed by atoms with van der Waals surface area (Å²) in [5, 5.41) is 8.92. The summed E-state index contributed by atoms with van der Waals surface area (Å²) in [6.07, 6.45) is -0.633. The van der Waals surface area contributed by atoms with E-state index in [1.807, 2.05) is 0 Å². The lowest BCUT2D eigenvalue weighted by Gasteiger charge is -2.27. The second-order valence-electron chi connectivity index (χ2n) is 4.58. The first-order chi connectivity index (χ1) is 7.63. The zero-order valence-electron chi connectivity index (χ0n) is 10.2. The van der Waals surface area contributed by atoms with Crippen molar-refractivity contribution in [1.82, 2.24) is 4.90 Å². The molecule has 1 atom stereocenters. The molecule has 0 bridgehead atoms. The molecule has 96 valence electrons. The van der Waals surface area contributed by atoms with Crippen molar-refractivity contribution in [2.45, 2.75) is 38.8 Å². The summed E-state index contributed by atoms with van der Waals surface area (Å²) in [4.78, 5) is 24.0. The van der Waals surface area contributed by atoms with Gasteiger partial charge >= 0.3 is 12.1 Å². The van der Waals surface area contributed by atoms with Gasteiger partial charge in [-0.25, -0.2) is 9.59 Å². The van der Waals surface area contributed by atoms with Gasteiger partial charge in [0.25, 0.3) is 0 Å². The summed E-state index contributed by atoms with van der Waals surface area (Å²) in [6, 6.07) is 0. The molecule has 0 saturated heterocycles. The SMILES string of the molecule is CC1=C(C(=O)O)S[C@H](N)N1C(=O)OC(C)(C)C. The number of ether oxygens (including phenoxy) is 1. The van der Waals surface area contributed by atoms with E-state index in [0.29, 0.717) is 5.70 Å². The molecule has 0 aromatic carbocycles. The average Bonchev–Trinajstić information content (AvgIpc) is 2.38. The van der Waals surface area contributed by atoms with Crippen molar-refractivity contribution in [2.24, 2.45) is 5.73 Å².